The molecule has 0 bridgehead atoms. The summed E-state index contributed by atoms with van der Waals surface area (Å²) < 4.78 is 4.86. The largest absolute Gasteiger partial charge is 0.469 e. The molecule has 2 heterocycles. The van der Waals surface area contributed by atoms with E-state index in [9.17, 15) is 4.79 Å². The fourth-order valence-electron chi connectivity index (χ4n) is 4.04. The third kappa shape index (κ3) is 3.59. The first-order valence-electron chi connectivity index (χ1n) is 8.69. The van der Waals surface area contributed by atoms with Crippen LogP contribution in [-0.2, 0) is 16.1 Å². The maximum Gasteiger partial charge on any atom is 0.308 e. The molecule has 0 saturated carbocycles. The minimum absolute atomic E-state index is 0.0465. The Morgan fingerprint density at radius 2 is 1.83 bits per heavy atom. The molecule has 1 aromatic carbocycles. The Morgan fingerprint density at radius 1 is 1.22 bits per heavy atom. The second kappa shape index (κ2) is 7.02. The molecule has 1 aromatic rings. The number of ether oxygens (including phenoxy) is 1. The highest BCUT2D eigenvalue weighted by atomic mass is 16.5. The van der Waals surface area contributed by atoms with Gasteiger partial charge in [0.15, 0.2) is 0 Å². The number of methoxy groups -OCH3 is 1. The van der Waals surface area contributed by atoms with Crippen LogP contribution in [0.5, 0.6) is 0 Å². The molecule has 0 unspecified atom stereocenters. The lowest BCUT2D eigenvalue weighted by molar-refractivity contribution is -0.147. The SMILES string of the molecule is COC(=O)C1CCN(Cc2cc(C)c(C3CNC3)c(C)c2)CC1. The van der Waals surface area contributed by atoms with Gasteiger partial charge in [0.05, 0.1) is 13.0 Å². The van der Waals surface area contributed by atoms with E-state index >= 15 is 0 Å². The molecule has 0 aromatic heterocycles. The second-order valence-electron chi connectivity index (χ2n) is 7.07. The number of hydrogen-bond acceptors (Lipinski definition) is 4. The van der Waals surface area contributed by atoms with Crippen molar-refractivity contribution in [3.63, 3.8) is 0 Å². The lowest BCUT2D eigenvalue weighted by Gasteiger charge is -2.32. The van der Waals surface area contributed by atoms with E-state index in [2.05, 4.69) is 36.2 Å². The van der Waals surface area contributed by atoms with E-state index in [-0.39, 0.29) is 11.9 Å². The maximum atomic E-state index is 11.6. The number of carbonyl (C=O) groups excluding carboxylic acids is 1. The summed E-state index contributed by atoms with van der Waals surface area (Å²) >= 11 is 0. The highest BCUT2D eigenvalue weighted by molar-refractivity contribution is 5.72. The molecule has 0 radical (unpaired) electrons. The number of piperidine rings is 1. The lowest BCUT2D eigenvalue weighted by Crippen LogP contribution is -2.40. The van der Waals surface area contributed by atoms with E-state index in [0.29, 0.717) is 5.92 Å². The van der Waals surface area contributed by atoms with Crippen LogP contribution >= 0.6 is 0 Å². The Hall–Kier alpha value is -1.39. The predicted octanol–water partition coefficient (Wildman–Crippen LogP) is 2.38. The first-order chi connectivity index (χ1) is 11.1. The van der Waals surface area contributed by atoms with Gasteiger partial charge in [0, 0.05) is 25.6 Å². The van der Waals surface area contributed by atoms with Crippen LogP contribution in [0.3, 0.4) is 0 Å². The lowest BCUT2D eigenvalue weighted by atomic mass is 9.85. The summed E-state index contributed by atoms with van der Waals surface area (Å²) in [6, 6.07) is 4.71. The Labute approximate surface area is 139 Å². The van der Waals surface area contributed by atoms with E-state index < -0.39 is 0 Å². The van der Waals surface area contributed by atoms with E-state index in [1.807, 2.05) is 0 Å². The van der Waals surface area contributed by atoms with Crippen LogP contribution in [0.2, 0.25) is 0 Å². The second-order valence-corrected chi connectivity index (χ2v) is 7.07. The number of rotatable bonds is 4. The minimum atomic E-state index is -0.0465. The molecule has 2 fully saturated rings. The molecule has 4 heteroatoms. The van der Waals surface area contributed by atoms with Crippen molar-refractivity contribution in [2.75, 3.05) is 33.3 Å². The zero-order valence-corrected chi connectivity index (χ0v) is 14.5. The molecule has 3 rings (SSSR count). The minimum Gasteiger partial charge on any atom is -0.469 e. The van der Waals surface area contributed by atoms with Crippen LogP contribution < -0.4 is 5.32 Å². The predicted molar refractivity (Wildman–Crippen MR) is 91.5 cm³/mol. The topological polar surface area (TPSA) is 41.6 Å². The van der Waals surface area contributed by atoms with Gasteiger partial charge in [-0.25, -0.2) is 0 Å². The third-order valence-corrected chi connectivity index (χ3v) is 5.37. The third-order valence-electron chi connectivity index (χ3n) is 5.37. The summed E-state index contributed by atoms with van der Waals surface area (Å²) in [4.78, 5) is 14.1. The van der Waals surface area contributed by atoms with Gasteiger partial charge in [0.2, 0.25) is 0 Å². The average Bonchev–Trinajstić information content (AvgIpc) is 2.49. The number of benzene rings is 1. The maximum absolute atomic E-state index is 11.6. The van der Waals surface area contributed by atoms with E-state index in [0.717, 1.165) is 45.6 Å². The van der Waals surface area contributed by atoms with Gasteiger partial charge in [-0.05, 0) is 62.0 Å². The molecule has 4 nitrogen and oxygen atoms in total. The van der Waals surface area contributed by atoms with Gasteiger partial charge in [-0.2, -0.15) is 0 Å². The molecular formula is C19H28N2O2. The van der Waals surface area contributed by atoms with Crippen LogP contribution in [-0.4, -0.2) is 44.2 Å². The van der Waals surface area contributed by atoms with Crippen molar-refractivity contribution in [3.8, 4) is 0 Å². The molecule has 2 aliphatic rings. The van der Waals surface area contributed by atoms with Gasteiger partial charge in [0.25, 0.3) is 0 Å². The molecule has 2 aliphatic heterocycles. The van der Waals surface area contributed by atoms with Crippen LogP contribution in [0.15, 0.2) is 12.1 Å². The quantitative estimate of drug-likeness (QED) is 0.866. The van der Waals surface area contributed by atoms with Gasteiger partial charge in [-0.15, -0.1) is 0 Å². The molecule has 0 spiro atoms. The van der Waals surface area contributed by atoms with Crippen molar-refractivity contribution in [2.45, 2.75) is 39.2 Å². The van der Waals surface area contributed by atoms with E-state index in [4.69, 9.17) is 4.74 Å². The van der Waals surface area contributed by atoms with Gasteiger partial charge in [-0.3, -0.25) is 9.69 Å². The summed E-state index contributed by atoms with van der Waals surface area (Å²) in [6.07, 6.45) is 1.83. The van der Waals surface area contributed by atoms with Gasteiger partial charge in [-0.1, -0.05) is 12.1 Å². The zero-order valence-electron chi connectivity index (χ0n) is 14.5. The van der Waals surface area contributed by atoms with Gasteiger partial charge < -0.3 is 10.1 Å². The number of hydrogen-bond donors (Lipinski definition) is 1. The zero-order chi connectivity index (χ0) is 16.4. The molecule has 1 N–H and O–H groups in total. The Bertz CT molecular complexity index is 550. The van der Waals surface area contributed by atoms with Crippen LogP contribution in [0.4, 0.5) is 0 Å². The molecule has 23 heavy (non-hydrogen) atoms. The molecule has 0 atom stereocenters. The first kappa shape index (κ1) is 16.5. The van der Waals surface area contributed by atoms with Gasteiger partial charge in [0.1, 0.15) is 0 Å². The average molecular weight is 316 g/mol. The molecule has 126 valence electrons. The number of nitrogens with zero attached hydrogens (tertiary/aromatic N) is 1. The number of likely N-dealkylation sites (tertiary alicyclic amines) is 1. The number of aryl methyl sites for hydroxylation is 2. The van der Waals surface area contributed by atoms with Crippen LogP contribution in [0.1, 0.15) is 41.0 Å². The molecule has 0 aliphatic carbocycles. The van der Waals surface area contributed by atoms with Gasteiger partial charge >= 0.3 is 5.97 Å². The van der Waals surface area contributed by atoms with Crippen molar-refractivity contribution < 1.29 is 9.53 Å². The molecule has 0 amide bonds. The van der Waals surface area contributed by atoms with Crippen molar-refractivity contribution in [3.05, 3.63) is 34.4 Å². The highest BCUT2D eigenvalue weighted by Crippen LogP contribution is 2.29. The summed E-state index contributed by atoms with van der Waals surface area (Å²) in [5, 5.41) is 3.37. The van der Waals surface area contributed by atoms with Crippen molar-refractivity contribution in [1.82, 2.24) is 10.2 Å². The Balaban J connectivity index is 1.62. The summed E-state index contributed by atoms with van der Waals surface area (Å²) in [7, 11) is 1.49. The van der Waals surface area contributed by atoms with Crippen molar-refractivity contribution in [1.29, 1.82) is 0 Å². The number of esters is 1. The highest BCUT2D eigenvalue weighted by Gasteiger charge is 2.26. The van der Waals surface area contributed by atoms with E-state index in [1.54, 1.807) is 0 Å². The number of nitrogens with one attached hydrogen (secondary N) is 1. The normalized spacial score (nSPS) is 20.3. The summed E-state index contributed by atoms with van der Waals surface area (Å²) in [5.41, 5.74) is 5.79. The fraction of sp³-hybridized carbons (Fsp3) is 0.632. The molecular weight excluding hydrogens is 288 g/mol. The number of carbonyl (C=O) groups is 1. The Morgan fingerprint density at radius 3 is 2.30 bits per heavy atom. The fourth-order valence-corrected chi connectivity index (χ4v) is 4.04. The van der Waals surface area contributed by atoms with Crippen LogP contribution in [0, 0.1) is 19.8 Å². The summed E-state index contributed by atoms with van der Waals surface area (Å²) in [6.45, 7) is 9.66. The smallest absolute Gasteiger partial charge is 0.308 e. The van der Waals surface area contributed by atoms with Crippen LogP contribution in [0.25, 0.3) is 0 Å². The monoisotopic (exact) mass is 316 g/mol. The van der Waals surface area contributed by atoms with E-state index in [1.165, 1.54) is 29.4 Å². The Kier molecular flexibility index (Phi) is 5.02. The standard InChI is InChI=1S/C19H28N2O2/c1-13-8-15(9-14(2)18(13)17-10-20-11-17)12-21-6-4-16(5-7-21)19(22)23-3/h8-9,16-17,20H,4-7,10-12H2,1-3H3. The summed E-state index contributed by atoms with van der Waals surface area (Å²) in [5.74, 6) is 0.739. The van der Waals surface area contributed by atoms with Crippen molar-refractivity contribution in [2.24, 2.45) is 5.92 Å². The first-order valence-corrected chi connectivity index (χ1v) is 8.69. The molecule has 2 saturated heterocycles. The van der Waals surface area contributed by atoms with Crippen molar-refractivity contribution >= 4 is 5.97 Å².